The summed E-state index contributed by atoms with van der Waals surface area (Å²) in [6.45, 7) is 11.5. The van der Waals surface area contributed by atoms with Crippen LogP contribution in [0, 0.1) is 12.8 Å². The van der Waals surface area contributed by atoms with Crippen LogP contribution in [0.15, 0.2) is 24.3 Å². The molecule has 1 aromatic carbocycles. The van der Waals surface area contributed by atoms with Gasteiger partial charge in [-0.3, -0.25) is 0 Å². The molecule has 1 N–H and O–H groups in total. The largest absolute Gasteiger partial charge is 0.309 e. The Hall–Kier alpha value is -0.860. The van der Waals surface area contributed by atoms with Gasteiger partial charge in [-0.2, -0.15) is 0 Å². The van der Waals surface area contributed by atoms with Crippen molar-refractivity contribution in [2.45, 2.75) is 52.5 Å². The Balaban J connectivity index is 2.02. The van der Waals surface area contributed by atoms with E-state index in [1.807, 2.05) is 0 Å². The first-order valence-electron chi connectivity index (χ1n) is 8.75. The van der Waals surface area contributed by atoms with Crippen molar-refractivity contribution in [1.82, 2.24) is 10.2 Å². The van der Waals surface area contributed by atoms with Crippen LogP contribution in [0.2, 0.25) is 0 Å². The lowest BCUT2D eigenvalue weighted by atomic mass is 9.85. The summed E-state index contributed by atoms with van der Waals surface area (Å²) < 4.78 is 0. The Bertz CT molecular complexity index is 412. The molecule has 0 radical (unpaired) electrons. The number of likely N-dealkylation sites (N-methyl/N-ethyl adjacent to an activating group) is 1. The van der Waals surface area contributed by atoms with Gasteiger partial charge in [-0.15, -0.1) is 0 Å². The molecule has 0 amide bonds. The maximum atomic E-state index is 3.76. The van der Waals surface area contributed by atoms with E-state index in [1.165, 1.54) is 43.4 Å². The van der Waals surface area contributed by atoms with Crippen LogP contribution in [0.25, 0.3) is 0 Å². The van der Waals surface area contributed by atoms with Crippen LogP contribution in [0.5, 0.6) is 0 Å². The molecule has 118 valence electrons. The first-order chi connectivity index (χ1) is 10.2. The van der Waals surface area contributed by atoms with E-state index < -0.39 is 0 Å². The maximum Gasteiger partial charge on any atom is 0.0451 e. The maximum absolute atomic E-state index is 3.76. The Morgan fingerprint density at radius 2 is 2.00 bits per heavy atom. The van der Waals surface area contributed by atoms with E-state index in [1.54, 1.807) is 0 Å². The smallest absolute Gasteiger partial charge is 0.0451 e. The number of hydrogen-bond donors (Lipinski definition) is 1. The molecule has 1 aliphatic carbocycles. The highest BCUT2D eigenvalue weighted by Crippen LogP contribution is 2.28. The van der Waals surface area contributed by atoms with E-state index in [4.69, 9.17) is 0 Å². The van der Waals surface area contributed by atoms with Gasteiger partial charge in [0.1, 0.15) is 0 Å². The second kappa shape index (κ2) is 8.55. The molecule has 0 spiro atoms. The van der Waals surface area contributed by atoms with Gasteiger partial charge in [0.25, 0.3) is 0 Å². The van der Waals surface area contributed by atoms with E-state index in [0.717, 1.165) is 25.6 Å². The van der Waals surface area contributed by atoms with Crippen LogP contribution in [-0.4, -0.2) is 31.1 Å². The lowest BCUT2D eigenvalue weighted by Crippen LogP contribution is -2.39. The highest BCUT2D eigenvalue weighted by molar-refractivity contribution is 5.29. The SMILES string of the molecule is CCCNC(CN(CC)CC1CCC1)c1ccccc1C. The molecule has 1 saturated carbocycles. The molecule has 2 rings (SSSR count). The van der Waals surface area contributed by atoms with Crippen molar-refractivity contribution in [2.75, 3.05) is 26.2 Å². The van der Waals surface area contributed by atoms with Gasteiger partial charge in [-0.1, -0.05) is 44.5 Å². The molecule has 0 bridgehead atoms. The minimum absolute atomic E-state index is 0.464. The summed E-state index contributed by atoms with van der Waals surface area (Å²) in [6.07, 6.45) is 5.51. The molecule has 1 fully saturated rings. The fourth-order valence-corrected chi connectivity index (χ4v) is 3.20. The van der Waals surface area contributed by atoms with Gasteiger partial charge in [-0.25, -0.2) is 0 Å². The number of hydrogen-bond acceptors (Lipinski definition) is 2. The zero-order chi connectivity index (χ0) is 15.1. The summed E-state index contributed by atoms with van der Waals surface area (Å²) in [5, 5.41) is 3.76. The van der Waals surface area contributed by atoms with Crippen molar-refractivity contribution in [3.63, 3.8) is 0 Å². The van der Waals surface area contributed by atoms with Crippen molar-refractivity contribution in [3.05, 3.63) is 35.4 Å². The van der Waals surface area contributed by atoms with E-state index in [2.05, 4.69) is 55.3 Å². The van der Waals surface area contributed by atoms with E-state index in [-0.39, 0.29) is 0 Å². The zero-order valence-electron chi connectivity index (χ0n) is 14.1. The van der Waals surface area contributed by atoms with Gasteiger partial charge in [0, 0.05) is 19.1 Å². The predicted molar refractivity (Wildman–Crippen MR) is 91.7 cm³/mol. The number of nitrogens with one attached hydrogen (secondary N) is 1. The van der Waals surface area contributed by atoms with Gasteiger partial charge in [0.05, 0.1) is 0 Å². The van der Waals surface area contributed by atoms with E-state index in [9.17, 15) is 0 Å². The molecule has 2 nitrogen and oxygen atoms in total. The molecule has 21 heavy (non-hydrogen) atoms. The predicted octanol–water partition coefficient (Wildman–Crippen LogP) is 4.16. The second-order valence-corrected chi connectivity index (χ2v) is 6.51. The molecule has 0 aromatic heterocycles. The molecule has 0 saturated heterocycles. The topological polar surface area (TPSA) is 15.3 Å². The van der Waals surface area contributed by atoms with Crippen LogP contribution in [0.4, 0.5) is 0 Å². The van der Waals surface area contributed by atoms with Crippen LogP contribution in [0.1, 0.15) is 56.7 Å². The van der Waals surface area contributed by atoms with E-state index >= 15 is 0 Å². The van der Waals surface area contributed by atoms with Crippen molar-refractivity contribution in [1.29, 1.82) is 0 Å². The standard InChI is InChI=1S/C19H32N2/c1-4-13-20-19(18-12-7-6-9-16(18)3)15-21(5-2)14-17-10-8-11-17/h6-7,9,12,17,19-20H,4-5,8,10-11,13-15H2,1-3H3. The highest BCUT2D eigenvalue weighted by atomic mass is 15.1. The van der Waals surface area contributed by atoms with Gasteiger partial charge >= 0.3 is 0 Å². The summed E-state index contributed by atoms with van der Waals surface area (Å²) in [7, 11) is 0. The minimum atomic E-state index is 0.464. The van der Waals surface area contributed by atoms with Crippen molar-refractivity contribution in [2.24, 2.45) is 5.92 Å². The molecule has 1 unspecified atom stereocenters. The quantitative estimate of drug-likeness (QED) is 0.734. The molecular weight excluding hydrogens is 256 g/mol. The van der Waals surface area contributed by atoms with Crippen molar-refractivity contribution < 1.29 is 0 Å². The van der Waals surface area contributed by atoms with E-state index in [0.29, 0.717) is 6.04 Å². The van der Waals surface area contributed by atoms with Crippen LogP contribution in [-0.2, 0) is 0 Å². The van der Waals surface area contributed by atoms with Crippen molar-refractivity contribution >= 4 is 0 Å². The van der Waals surface area contributed by atoms with Crippen LogP contribution < -0.4 is 5.32 Å². The first kappa shape index (κ1) is 16.5. The molecule has 2 heteroatoms. The molecule has 0 heterocycles. The number of nitrogens with zero attached hydrogens (tertiary/aromatic N) is 1. The molecular formula is C19H32N2. The lowest BCUT2D eigenvalue weighted by molar-refractivity contribution is 0.170. The zero-order valence-corrected chi connectivity index (χ0v) is 14.1. The van der Waals surface area contributed by atoms with Crippen molar-refractivity contribution in [3.8, 4) is 0 Å². The summed E-state index contributed by atoms with van der Waals surface area (Å²) in [5.41, 5.74) is 2.88. The lowest BCUT2D eigenvalue weighted by Gasteiger charge is -2.34. The van der Waals surface area contributed by atoms with Gasteiger partial charge in [0.15, 0.2) is 0 Å². The van der Waals surface area contributed by atoms with Gasteiger partial charge < -0.3 is 10.2 Å². The average Bonchev–Trinajstić information content (AvgIpc) is 2.45. The Labute approximate surface area is 130 Å². The Kier molecular flexibility index (Phi) is 6.72. The van der Waals surface area contributed by atoms with Crippen LogP contribution >= 0.6 is 0 Å². The van der Waals surface area contributed by atoms with Gasteiger partial charge in [-0.05, 0) is 56.3 Å². The molecule has 1 aromatic rings. The third-order valence-corrected chi connectivity index (χ3v) is 4.83. The fraction of sp³-hybridized carbons (Fsp3) is 0.684. The summed E-state index contributed by atoms with van der Waals surface area (Å²) in [6, 6.07) is 9.30. The summed E-state index contributed by atoms with van der Waals surface area (Å²) in [5.74, 6) is 0.952. The third-order valence-electron chi connectivity index (χ3n) is 4.83. The second-order valence-electron chi connectivity index (χ2n) is 6.51. The molecule has 1 atom stereocenters. The number of benzene rings is 1. The Morgan fingerprint density at radius 1 is 1.24 bits per heavy atom. The summed E-state index contributed by atoms with van der Waals surface area (Å²) >= 11 is 0. The van der Waals surface area contributed by atoms with Crippen LogP contribution in [0.3, 0.4) is 0 Å². The normalized spacial score (nSPS) is 17.0. The average molecular weight is 288 g/mol. The van der Waals surface area contributed by atoms with Gasteiger partial charge in [0.2, 0.25) is 0 Å². The minimum Gasteiger partial charge on any atom is -0.309 e. The number of rotatable bonds is 9. The molecule has 1 aliphatic rings. The third kappa shape index (κ3) is 4.82. The first-order valence-corrected chi connectivity index (χ1v) is 8.75. The highest BCUT2D eigenvalue weighted by Gasteiger charge is 2.22. The fourth-order valence-electron chi connectivity index (χ4n) is 3.20. The summed E-state index contributed by atoms with van der Waals surface area (Å²) in [4.78, 5) is 2.64. The monoisotopic (exact) mass is 288 g/mol. The molecule has 0 aliphatic heterocycles. The Morgan fingerprint density at radius 3 is 2.57 bits per heavy atom. The number of aryl methyl sites for hydroxylation is 1.